The zero-order chi connectivity index (χ0) is 11.4. The first-order valence-corrected chi connectivity index (χ1v) is 6.32. The molecule has 1 aliphatic heterocycles. The van der Waals surface area contributed by atoms with Crippen molar-refractivity contribution in [2.24, 2.45) is 16.1 Å². The first-order chi connectivity index (χ1) is 7.68. The van der Waals surface area contributed by atoms with Crippen LogP contribution in [-0.4, -0.2) is 31.8 Å². The van der Waals surface area contributed by atoms with Crippen LogP contribution >= 0.6 is 0 Å². The van der Waals surface area contributed by atoms with Crippen molar-refractivity contribution >= 4 is 5.96 Å². The van der Waals surface area contributed by atoms with Gasteiger partial charge in [0.25, 0.3) is 0 Å². The van der Waals surface area contributed by atoms with Crippen molar-refractivity contribution in [1.82, 2.24) is 5.32 Å². The van der Waals surface area contributed by atoms with Crippen molar-refractivity contribution in [2.45, 2.75) is 45.1 Å². The van der Waals surface area contributed by atoms with E-state index in [2.05, 4.69) is 17.2 Å². The van der Waals surface area contributed by atoms with E-state index in [-0.39, 0.29) is 5.41 Å². The normalized spacial score (nSPS) is 32.2. The number of aliphatic imine (C=N–C) groups is 1. The van der Waals surface area contributed by atoms with E-state index in [9.17, 15) is 0 Å². The molecule has 1 heterocycles. The van der Waals surface area contributed by atoms with Gasteiger partial charge in [-0.15, -0.1) is 0 Å². The van der Waals surface area contributed by atoms with Gasteiger partial charge < -0.3 is 15.8 Å². The van der Waals surface area contributed by atoms with Gasteiger partial charge in [0.2, 0.25) is 0 Å². The van der Waals surface area contributed by atoms with Gasteiger partial charge >= 0.3 is 0 Å². The summed E-state index contributed by atoms with van der Waals surface area (Å²) in [4.78, 5) is 4.44. The van der Waals surface area contributed by atoms with Crippen molar-refractivity contribution in [1.29, 1.82) is 0 Å². The van der Waals surface area contributed by atoms with Gasteiger partial charge in [-0.25, -0.2) is 0 Å². The van der Waals surface area contributed by atoms with Gasteiger partial charge in [-0.1, -0.05) is 19.8 Å². The summed E-state index contributed by atoms with van der Waals surface area (Å²) in [6, 6.07) is 0.552. The summed E-state index contributed by atoms with van der Waals surface area (Å²) < 4.78 is 5.40. The Morgan fingerprint density at radius 1 is 1.50 bits per heavy atom. The number of rotatable bonds is 3. The maximum absolute atomic E-state index is 5.89. The van der Waals surface area contributed by atoms with Gasteiger partial charge in [-0.05, 0) is 19.3 Å². The Kier molecular flexibility index (Phi) is 3.69. The van der Waals surface area contributed by atoms with Crippen LogP contribution in [-0.2, 0) is 4.74 Å². The van der Waals surface area contributed by atoms with E-state index in [0.717, 1.165) is 26.2 Å². The molecule has 1 aliphatic carbocycles. The summed E-state index contributed by atoms with van der Waals surface area (Å²) in [5.41, 5.74) is 6.08. The molecular weight excluding hydrogens is 202 g/mol. The van der Waals surface area contributed by atoms with Crippen molar-refractivity contribution < 1.29 is 4.74 Å². The number of nitrogens with one attached hydrogen (secondary N) is 1. The molecule has 0 aromatic heterocycles. The predicted octanol–water partition coefficient (Wildman–Crippen LogP) is 1.26. The Bertz CT molecular complexity index is 253. The molecule has 2 fully saturated rings. The van der Waals surface area contributed by atoms with E-state index < -0.39 is 0 Å². The molecule has 1 saturated carbocycles. The molecule has 0 bridgehead atoms. The minimum absolute atomic E-state index is 0.196. The maximum atomic E-state index is 5.89. The number of ether oxygens (including phenoxy) is 1. The lowest BCUT2D eigenvalue weighted by molar-refractivity contribution is 0.163. The molecule has 4 nitrogen and oxygen atoms in total. The molecule has 0 aromatic carbocycles. The molecular formula is C12H23N3O. The largest absolute Gasteiger partial charge is 0.381 e. The van der Waals surface area contributed by atoms with Gasteiger partial charge in [0.15, 0.2) is 5.96 Å². The zero-order valence-electron chi connectivity index (χ0n) is 10.2. The molecule has 3 N–H and O–H groups in total. The molecule has 92 valence electrons. The van der Waals surface area contributed by atoms with Crippen LogP contribution in [0.1, 0.15) is 39.0 Å². The zero-order valence-corrected chi connectivity index (χ0v) is 10.2. The van der Waals surface area contributed by atoms with Crippen LogP contribution in [0.5, 0.6) is 0 Å². The first-order valence-electron chi connectivity index (χ1n) is 6.32. The number of nitrogens with two attached hydrogens (primary N) is 1. The Balaban J connectivity index is 1.77. The van der Waals surface area contributed by atoms with Crippen LogP contribution in [0.3, 0.4) is 0 Å². The molecule has 2 aliphatic rings. The molecule has 0 aromatic rings. The third kappa shape index (κ3) is 3.11. The molecule has 4 heteroatoms. The van der Waals surface area contributed by atoms with Crippen molar-refractivity contribution in [3.8, 4) is 0 Å². The number of guanidine groups is 1. The highest BCUT2D eigenvalue weighted by Crippen LogP contribution is 2.27. The van der Waals surface area contributed by atoms with E-state index in [1.807, 2.05) is 0 Å². The fourth-order valence-electron chi connectivity index (χ4n) is 2.43. The molecule has 0 spiro atoms. The summed E-state index contributed by atoms with van der Waals surface area (Å²) in [5, 5.41) is 3.31. The van der Waals surface area contributed by atoms with E-state index in [1.54, 1.807) is 0 Å². The van der Waals surface area contributed by atoms with Crippen LogP contribution in [0.4, 0.5) is 0 Å². The van der Waals surface area contributed by atoms with E-state index in [4.69, 9.17) is 10.5 Å². The van der Waals surface area contributed by atoms with Crippen LogP contribution < -0.4 is 11.1 Å². The lowest BCUT2D eigenvalue weighted by Crippen LogP contribution is -2.39. The van der Waals surface area contributed by atoms with Gasteiger partial charge in [-0.3, -0.25) is 4.99 Å². The molecule has 1 saturated heterocycles. The standard InChI is InChI=1S/C12H23N3O/c1-12(6-7-16-9-12)8-14-11(13)15-10-4-2-3-5-10/h10H,2-9H2,1H3,(H3,13,14,15). The monoisotopic (exact) mass is 225 g/mol. The first kappa shape index (κ1) is 11.7. The van der Waals surface area contributed by atoms with Gasteiger partial charge in [-0.2, -0.15) is 0 Å². The molecule has 0 amide bonds. The highest BCUT2D eigenvalue weighted by Gasteiger charge is 2.29. The smallest absolute Gasteiger partial charge is 0.188 e. The Labute approximate surface area is 97.6 Å². The second kappa shape index (κ2) is 5.04. The topological polar surface area (TPSA) is 59.6 Å². The highest BCUT2D eigenvalue weighted by atomic mass is 16.5. The predicted molar refractivity (Wildman–Crippen MR) is 65.4 cm³/mol. The Morgan fingerprint density at radius 2 is 2.25 bits per heavy atom. The van der Waals surface area contributed by atoms with Gasteiger partial charge in [0, 0.05) is 18.1 Å². The summed E-state index contributed by atoms with van der Waals surface area (Å²) in [6.45, 7) is 4.67. The molecule has 1 atom stereocenters. The minimum atomic E-state index is 0.196. The molecule has 1 unspecified atom stereocenters. The molecule has 16 heavy (non-hydrogen) atoms. The molecule has 2 rings (SSSR count). The Morgan fingerprint density at radius 3 is 2.88 bits per heavy atom. The number of nitrogens with zero attached hydrogens (tertiary/aromatic N) is 1. The van der Waals surface area contributed by atoms with Crippen LogP contribution in [0.15, 0.2) is 4.99 Å². The third-order valence-electron chi connectivity index (χ3n) is 3.64. The number of hydrogen-bond acceptors (Lipinski definition) is 2. The fourth-order valence-corrected chi connectivity index (χ4v) is 2.43. The number of hydrogen-bond donors (Lipinski definition) is 2. The highest BCUT2D eigenvalue weighted by molar-refractivity contribution is 5.78. The van der Waals surface area contributed by atoms with E-state index in [0.29, 0.717) is 12.0 Å². The third-order valence-corrected chi connectivity index (χ3v) is 3.64. The van der Waals surface area contributed by atoms with E-state index in [1.165, 1.54) is 25.7 Å². The average molecular weight is 225 g/mol. The molecule has 0 radical (unpaired) electrons. The van der Waals surface area contributed by atoms with Crippen LogP contribution in [0.2, 0.25) is 0 Å². The second-order valence-corrected chi connectivity index (χ2v) is 5.44. The average Bonchev–Trinajstić information content (AvgIpc) is 2.88. The van der Waals surface area contributed by atoms with Crippen LogP contribution in [0.25, 0.3) is 0 Å². The lowest BCUT2D eigenvalue weighted by atomic mass is 9.90. The Hall–Kier alpha value is -0.770. The van der Waals surface area contributed by atoms with Crippen LogP contribution in [0, 0.1) is 5.41 Å². The van der Waals surface area contributed by atoms with E-state index >= 15 is 0 Å². The van der Waals surface area contributed by atoms with Gasteiger partial charge in [0.1, 0.15) is 0 Å². The second-order valence-electron chi connectivity index (χ2n) is 5.44. The summed E-state index contributed by atoms with van der Waals surface area (Å²) >= 11 is 0. The summed E-state index contributed by atoms with van der Waals surface area (Å²) in [6.07, 6.45) is 6.19. The fraction of sp³-hybridized carbons (Fsp3) is 0.917. The lowest BCUT2D eigenvalue weighted by Gasteiger charge is -2.19. The summed E-state index contributed by atoms with van der Waals surface area (Å²) in [7, 11) is 0. The van der Waals surface area contributed by atoms with Crippen molar-refractivity contribution in [3.63, 3.8) is 0 Å². The quantitative estimate of drug-likeness (QED) is 0.561. The minimum Gasteiger partial charge on any atom is -0.381 e. The summed E-state index contributed by atoms with van der Waals surface area (Å²) in [5.74, 6) is 0.611. The van der Waals surface area contributed by atoms with Crippen molar-refractivity contribution in [3.05, 3.63) is 0 Å². The van der Waals surface area contributed by atoms with Gasteiger partial charge in [0.05, 0.1) is 13.2 Å². The van der Waals surface area contributed by atoms with Crippen molar-refractivity contribution in [2.75, 3.05) is 19.8 Å². The SMILES string of the molecule is CC1(CN=C(N)NC2CCCC2)CCOC1. The maximum Gasteiger partial charge on any atom is 0.188 e.